The maximum Gasteiger partial charge on any atom is 0.212 e. The van der Waals surface area contributed by atoms with Crippen LogP contribution >= 0.6 is 0 Å². The lowest BCUT2D eigenvalue weighted by Gasteiger charge is -2.00. The molecule has 0 aliphatic heterocycles. The molecule has 0 unspecified atom stereocenters. The van der Waals surface area contributed by atoms with Crippen molar-refractivity contribution in [1.82, 2.24) is 0 Å². The first-order valence-electron chi connectivity index (χ1n) is 4.58. The molecule has 0 spiro atoms. The van der Waals surface area contributed by atoms with E-state index in [0.717, 1.165) is 16.5 Å². The number of carbonyl (C=O) groups is 1. The first-order chi connectivity index (χ1) is 6.70. The second kappa shape index (κ2) is 3.22. The summed E-state index contributed by atoms with van der Waals surface area (Å²) in [6, 6.07) is 9.79. The molecule has 1 aromatic carbocycles. The molecule has 0 saturated heterocycles. The number of Topliss-reactive ketones (excluding diaryl/α,β-unsaturated/α-hetero) is 1. The number of rotatable bonds is 1. The number of pyridine rings is 1. The van der Waals surface area contributed by atoms with Crippen LogP contribution in [-0.2, 0) is 7.05 Å². The highest BCUT2D eigenvalue weighted by Gasteiger charge is 2.10. The van der Waals surface area contributed by atoms with Crippen molar-refractivity contribution in [2.24, 2.45) is 7.05 Å². The van der Waals surface area contributed by atoms with Crippen molar-refractivity contribution in [3.63, 3.8) is 0 Å². The molecule has 2 aromatic rings. The predicted octanol–water partition coefficient (Wildman–Crippen LogP) is 1.87. The summed E-state index contributed by atoms with van der Waals surface area (Å²) in [5.41, 5.74) is 1.87. The second-order valence-electron chi connectivity index (χ2n) is 3.41. The van der Waals surface area contributed by atoms with E-state index in [1.807, 2.05) is 48.1 Å². The number of hydrogen-bond acceptors (Lipinski definition) is 1. The van der Waals surface area contributed by atoms with E-state index < -0.39 is 0 Å². The zero-order valence-electron chi connectivity index (χ0n) is 8.32. The molecule has 0 saturated carbocycles. The van der Waals surface area contributed by atoms with Gasteiger partial charge < -0.3 is 0 Å². The average Bonchev–Trinajstić information content (AvgIpc) is 2.18. The maximum atomic E-state index is 11.4. The fourth-order valence-corrected chi connectivity index (χ4v) is 1.67. The Morgan fingerprint density at radius 1 is 1.21 bits per heavy atom. The van der Waals surface area contributed by atoms with Gasteiger partial charge in [0.1, 0.15) is 7.05 Å². The summed E-state index contributed by atoms with van der Waals surface area (Å²) < 4.78 is 2.02. The quantitative estimate of drug-likeness (QED) is 0.492. The van der Waals surface area contributed by atoms with E-state index in [4.69, 9.17) is 0 Å². The molecule has 0 N–H and O–H groups in total. The van der Waals surface area contributed by atoms with E-state index in [1.54, 1.807) is 6.92 Å². The SMILES string of the molecule is CC(=O)c1cc[n+](C)c2ccccc12. The van der Waals surface area contributed by atoms with Crippen LogP contribution in [0.3, 0.4) is 0 Å². The third kappa shape index (κ3) is 1.29. The van der Waals surface area contributed by atoms with Gasteiger partial charge in [-0.15, -0.1) is 0 Å². The van der Waals surface area contributed by atoms with Gasteiger partial charge in [-0.2, -0.15) is 0 Å². The number of nitrogens with zero attached hydrogens (tertiary/aromatic N) is 1. The molecule has 0 amide bonds. The Labute approximate surface area is 82.8 Å². The van der Waals surface area contributed by atoms with Crippen molar-refractivity contribution >= 4 is 16.7 Å². The lowest BCUT2D eigenvalue weighted by Crippen LogP contribution is -2.28. The van der Waals surface area contributed by atoms with Gasteiger partial charge >= 0.3 is 0 Å². The van der Waals surface area contributed by atoms with E-state index in [9.17, 15) is 4.79 Å². The number of benzene rings is 1. The molecule has 1 aromatic heterocycles. The fourth-order valence-electron chi connectivity index (χ4n) is 1.67. The molecule has 1 heterocycles. The molecule has 2 nitrogen and oxygen atoms in total. The van der Waals surface area contributed by atoms with Gasteiger partial charge in [0.05, 0.1) is 5.39 Å². The molecular formula is C12H12NO+. The van der Waals surface area contributed by atoms with Crippen molar-refractivity contribution < 1.29 is 9.36 Å². The normalized spacial score (nSPS) is 10.4. The van der Waals surface area contributed by atoms with E-state index in [0.29, 0.717) is 0 Å². The third-order valence-electron chi connectivity index (χ3n) is 2.42. The zero-order chi connectivity index (χ0) is 10.1. The van der Waals surface area contributed by atoms with Crippen LogP contribution in [-0.4, -0.2) is 5.78 Å². The zero-order valence-corrected chi connectivity index (χ0v) is 8.32. The number of hydrogen-bond donors (Lipinski definition) is 0. The van der Waals surface area contributed by atoms with E-state index in [2.05, 4.69) is 0 Å². The Hall–Kier alpha value is -1.70. The highest BCUT2D eigenvalue weighted by Crippen LogP contribution is 2.14. The monoisotopic (exact) mass is 186 g/mol. The minimum Gasteiger partial charge on any atom is -0.294 e. The summed E-state index contributed by atoms with van der Waals surface area (Å²) in [4.78, 5) is 11.4. The van der Waals surface area contributed by atoms with E-state index >= 15 is 0 Å². The Kier molecular flexibility index (Phi) is 2.04. The standard InChI is InChI=1S/C12H12NO/c1-9(14)10-7-8-13(2)12-6-4-3-5-11(10)12/h3-8H,1-2H3/q+1. The molecule has 0 atom stereocenters. The van der Waals surface area contributed by atoms with Crippen LogP contribution in [0.4, 0.5) is 0 Å². The van der Waals surface area contributed by atoms with Crippen LogP contribution in [0.25, 0.3) is 10.9 Å². The summed E-state index contributed by atoms with van der Waals surface area (Å²) in [7, 11) is 1.98. The van der Waals surface area contributed by atoms with Crippen molar-refractivity contribution in [3.8, 4) is 0 Å². The lowest BCUT2D eigenvalue weighted by molar-refractivity contribution is -0.644. The summed E-state index contributed by atoms with van der Waals surface area (Å²) in [6.07, 6.45) is 1.92. The highest BCUT2D eigenvalue weighted by molar-refractivity contribution is 6.05. The van der Waals surface area contributed by atoms with E-state index in [-0.39, 0.29) is 5.78 Å². The highest BCUT2D eigenvalue weighted by atomic mass is 16.1. The van der Waals surface area contributed by atoms with Crippen LogP contribution in [0.15, 0.2) is 36.5 Å². The summed E-state index contributed by atoms with van der Waals surface area (Å²) in [5.74, 6) is 0.113. The van der Waals surface area contributed by atoms with E-state index in [1.165, 1.54) is 0 Å². The summed E-state index contributed by atoms with van der Waals surface area (Å²) in [6.45, 7) is 1.60. The Morgan fingerprint density at radius 2 is 1.93 bits per heavy atom. The number of aryl methyl sites for hydroxylation is 1. The van der Waals surface area contributed by atoms with Crippen LogP contribution in [0.2, 0.25) is 0 Å². The molecule has 0 aliphatic rings. The number of aromatic nitrogens is 1. The Balaban J connectivity index is 2.88. The molecule has 0 bridgehead atoms. The van der Waals surface area contributed by atoms with Crippen LogP contribution in [0.1, 0.15) is 17.3 Å². The summed E-state index contributed by atoms with van der Waals surface area (Å²) in [5, 5.41) is 1.02. The number of ketones is 1. The molecule has 0 aliphatic carbocycles. The molecule has 70 valence electrons. The largest absolute Gasteiger partial charge is 0.294 e. The van der Waals surface area contributed by atoms with Crippen LogP contribution in [0.5, 0.6) is 0 Å². The fraction of sp³-hybridized carbons (Fsp3) is 0.167. The van der Waals surface area contributed by atoms with Gasteiger partial charge in [-0.3, -0.25) is 4.79 Å². The smallest absolute Gasteiger partial charge is 0.212 e. The predicted molar refractivity (Wildman–Crippen MR) is 55.1 cm³/mol. The first kappa shape index (κ1) is 8.88. The lowest BCUT2D eigenvalue weighted by atomic mass is 10.1. The molecule has 2 heteroatoms. The minimum atomic E-state index is 0.113. The van der Waals surface area contributed by atoms with Crippen molar-refractivity contribution in [3.05, 3.63) is 42.1 Å². The van der Waals surface area contributed by atoms with Crippen molar-refractivity contribution in [2.75, 3.05) is 0 Å². The maximum absolute atomic E-state index is 11.4. The number of para-hydroxylation sites is 1. The molecule has 14 heavy (non-hydrogen) atoms. The molecule has 0 radical (unpaired) electrons. The third-order valence-corrected chi connectivity index (χ3v) is 2.42. The average molecular weight is 186 g/mol. The number of fused-ring (bicyclic) bond motifs is 1. The van der Waals surface area contributed by atoms with Crippen molar-refractivity contribution in [2.45, 2.75) is 6.92 Å². The van der Waals surface area contributed by atoms with Gasteiger partial charge in [0.15, 0.2) is 12.0 Å². The number of carbonyl (C=O) groups excluding carboxylic acids is 1. The topological polar surface area (TPSA) is 20.9 Å². The second-order valence-corrected chi connectivity index (χ2v) is 3.41. The molecule has 2 rings (SSSR count). The minimum absolute atomic E-state index is 0.113. The Bertz CT molecular complexity index is 503. The van der Waals surface area contributed by atoms with Crippen LogP contribution < -0.4 is 4.57 Å². The van der Waals surface area contributed by atoms with Crippen LogP contribution in [0, 0.1) is 0 Å². The van der Waals surface area contributed by atoms with Gasteiger partial charge in [-0.05, 0) is 13.0 Å². The van der Waals surface area contributed by atoms with Gasteiger partial charge in [0.2, 0.25) is 5.52 Å². The van der Waals surface area contributed by atoms with Gasteiger partial charge in [0, 0.05) is 17.7 Å². The van der Waals surface area contributed by atoms with Gasteiger partial charge in [0.25, 0.3) is 0 Å². The molecule has 0 fully saturated rings. The van der Waals surface area contributed by atoms with Gasteiger partial charge in [-0.25, -0.2) is 4.57 Å². The molecular weight excluding hydrogens is 174 g/mol. The first-order valence-corrected chi connectivity index (χ1v) is 4.58. The van der Waals surface area contributed by atoms with Gasteiger partial charge in [-0.1, -0.05) is 12.1 Å². The summed E-state index contributed by atoms with van der Waals surface area (Å²) >= 11 is 0. The Morgan fingerprint density at radius 3 is 2.64 bits per heavy atom. The van der Waals surface area contributed by atoms with Crippen molar-refractivity contribution in [1.29, 1.82) is 0 Å².